The Kier molecular flexibility index (Phi) is 4.28. The minimum Gasteiger partial charge on any atom is -0.376 e. The van der Waals surface area contributed by atoms with Gasteiger partial charge in [-0.25, -0.2) is 9.37 Å². The lowest BCUT2D eigenvalue weighted by Gasteiger charge is -2.21. The van der Waals surface area contributed by atoms with Crippen LogP contribution in [0.5, 0.6) is 0 Å². The van der Waals surface area contributed by atoms with Gasteiger partial charge >= 0.3 is 0 Å². The van der Waals surface area contributed by atoms with Gasteiger partial charge < -0.3 is 10.1 Å². The van der Waals surface area contributed by atoms with Gasteiger partial charge in [0.15, 0.2) is 5.65 Å². The van der Waals surface area contributed by atoms with Crippen molar-refractivity contribution in [1.29, 1.82) is 0 Å². The van der Waals surface area contributed by atoms with Crippen molar-refractivity contribution >= 4 is 11.5 Å². The summed E-state index contributed by atoms with van der Waals surface area (Å²) < 4.78 is 21.0. The molecule has 3 aromatic rings. The second-order valence-corrected chi connectivity index (χ2v) is 7.42. The smallest absolute Gasteiger partial charge is 0.158 e. The maximum Gasteiger partial charge on any atom is 0.158 e. The molecular formula is C21H23FN4O. The highest BCUT2D eigenvalue weighted by Crippen LogP contribution is 2.30. The van der Waals surface area contributed by atoms with Crippen molar-refractivity contribution in [2.24, 2.45) is 0 Å². The van der Waals surface area contributed by atoms with Gasteiger partial charge in [-0.2, -0.15) is 9.61 Å². The zero-order chi connectivity index (χ0) is 18.2. The number of aryl methyl sites for hydroxylation is 1. The third-order valence-electron chi connectivity index (χ3n) is 5.54. The topological polar surface area (TPSA) is 51.5 Å². The van der Waals surface area contributed by atoms with E-state index in [0.717, 1.165) is 61.6 Å². The Morgan fingerprint density at radius 2 is 2.00 bits per heavy atom. The molecule has 6 heteroatoms. The number of hydrogen-bond donors (Lipinski definition) is 1. The first kappa shape index (κ1) is 16.7. The van der Waals surface area contributed by atoms with Crippen LogP contribution >= 0.6 is 0 Å². The van der Waals surface area contributed by atoms with E-state index < -0.39 is 0 Å². The molecule has 1 atom stereocenters. The predicted octanol–water partition coefficient (Wildman–Crippen LogP) is 4.01. The van der Waals surface area contributed by atoms with Crippen molar-refractivity contribution in [2.75, 3.05) is 18.5 Å². The minimum absolute atomic E-state index is 0.241. The van der Waals surface area contributed by atoms with Crippen LogP contribution in [0, 0.1) is 5.82 Å². The van der Waals surface area contributed by atoms with E-state index in [1.54, 1.807) is 12.1 Å². The normalized spacial score (nSPS) is 19.4. The molecule has 1 aliphatic heterocycles. The highest BCUT2D eigenvalue weighted by atomic mass is 19.1. The number of rotatable bonds is 4. The highest BCUT2D eigenvalue weighted by molar-refractivity contribution is 5.67. The van der Waals surface area contributed by atoms with E-state index >= 15 is 0 Å². The van der Waals surface area contributed by atoms with Gasteiger partial charge in [0.2, 0.25) is 0 Å². The van der Waals surface area contributed by atoms with Crippen molar-refractivity contribution in [1.82, 2.24) is 14.6 Å². The fourth-order valence-electron chi connectivity index (χ4n) is 4.11. The largest absolute Gasteiger partial charge is 0.376 e. The zero-order valence-corrected chi connectivity index (χ0v) is 15.2. The maximum atomic E-state index is 13.3. The summed E-state index contributed by atoms with van der Waals surface area (Å²) in [5.74, 6) is 0.800. The molecule has 27 heavy (non-hydrogen) atoms. The number of nitrogens with one attached hydrogen (secondary N) is 1. The number of fused-ring (bicyclic) bond motifs is 2. The second kappa shape index (κ2) is 6.93. The lowest BCUT2D eigenvalue weighted by molar-refractivity contribution is 0.120. The molecule has 2 aliphatic rings. The fraction of sp³-hybridized carbons (Fsp3) is 0.429. The number of ether oxygens (including phenoxy) is 1. The van der Waals surface area contributed by atoms with Crippen LogP contribution in [-0.4, -0.2) is 33.9 Å². The van der Waals surface area contributed by atoms with E-state index in [1.165, 1.54) is 36.2 Å². The molecule has 2 aromatic heterocycles. The molecule has 5 nitrogen and oxygen atoms in total. The summed E-state index contributed by atoms with van der Waals surface area (Å²) in [5.41, 5.74) is 4.99. The van der Waals surface area contributed by atoms with Crippen molar-refractivity contribution < 1.29 is 9.13 Å². The summed E-state index contributed by atoms with van der Waals surface area (Å²) in [6.07, 6.45) is 6.90. The molecule has 3 heterocycles. The summed E-state index contributed by atoms with van der Waals surface area (Å²) in [7, 11) is 0. The number of halogens is 1. The molecule has 0 spiro atoms. The molecular weight excluding hydrogens is 343 g/mol. The molecule has 0 bridgehead atoms. The lowest BCUT2D eigenvalue weighted by atomic mass is 9.96. The number of hydrogen-bond acceptors (Lipinski definition) is 4. The van der Waals surface area contributed by atoms with Crippen LogP contribution in [0.4, 0.5) is 10.2 Å². The zero-order valence-electron chi connectivity index (χ0n) is 15.2. The number of nitrogens with zero attached hydrogens (tertiary/aromatic N) is 3. The van der Waals surface area contributed by atoms with Crippen LogP contribution in [0.3, 0.4) is 0 Å². The molecule has 1 aliphatic carbocycles. The minimum atomic E-state index is -0.241. The summed E-state index contributed by atoms with van der Waals surface area (Å²) in [4.78, 5) is 4.88. The Morgan fingerprint density at radius 3 is 2.81 bits per heavy atom. The number of benzene rings is 1. The van der Waals surface area contributed by atoms with Crippen LogP contribution in [0.15, 0.2) is 30.3 Å². The molecule has 1 unspecified atom stereocenters. The lowest BCUT2D eigenvalue weighted by Crippen LogP contribution is -2.22. The summed E-state index contributed by atoms with van der Waals surface area (Å²) in [6.45, 7) is 1.64. The van der Waals surface area contributed by atoms with Gasteiger partial charge in [-0.1, -0.05) is 0 Å². The van der Waals surface area contributed by atoms with Crippen LogP contribution < -0.4 is 5.32 Å². The summed E-state index contributed by atoms with van der Waals surface area (Å²) >= 11 is 0. The molecule has 0 amide bonds. The molecule has 1 aromatic carbocycles. The Labute approximate surface area is 157 Å². The predicted molar refractivity (Wildman–Crippen MR) is 102 cm³/mol. The van der Waals surface area contributed by atoms with Gasteiger partial charge in [-0.05, 0) is 62.8 Å². The molecule has 1 fully saturated rings. The number of anilines is 1. The molecule has 1 saturated heterocycles. The molecule has 1 N–H and O–H groups in total. The van der Waals surface area contributed by atoms with Crippen LogP contribution in [0.25, 0.3) is 16.9 Å². The monoisotopic (exact) mass is 366 g/mol. The van der Waals surface area contributed by atoms with E-state index in [2.05, 4.69) is 5.32 Å². The molecule has 0 radical (unpaired) electrons. The number of aromatic nitrogens is 3. The Bertz CT molecular complexity index is 960. The highest BCUT2D eigenvalue weighted by Gasteiger charge is 2.22. The summed E-state index contributed by atoms with van der Waals surface area (Å²) in [6, 6.07) is 8.44. The average Bonchev–Trinajstić information content (AvgIpc) is 3.35. The van der Waals surface area contributed by atoms with Crippen molar-refractivity contribution in [3.8, 4) is 11.3 Å². The Balaban J connectivity index is 1.57. The quantitative estimate of drug-likeness (QED) is 0.758. The first-order valence-electron chi connectivity index (χ1n) is 9.81. The third kappa shape index (κ3) is 3.18. The van der Waals surface area contributed by atoms with E-state index in [-0.39, 0.29) is 11.9 Å². The fourth-order valence-corrected chi connectivity index (χ4v) is 4.11. The van der Waals surface area contributed by atoms with Gasteiger partial charge in [0.1, 0.15) is 11.6 Å². The van der Waals surface area contributed by atoms with Crippen molar-refractivity contribution in [3.05, 3.63) is 47.4 Å². The van der Waals surface area contributed by atoms with Crippen LogP contribution in [0.2, 0.25) is 0 Å². The van der Waals surface area contributed by atoms with Gasteiger partial charge in [0.25, 0.3) is 0 Å². The third-order valence-corrected chi connectivity index (χ3v) is 5.54. The van der Waals surface area contributed by atoms with E-state index in [4.69, 9.17) is 14.8 Å². The van der Waals surface area contributed by atoms with Crippen LogP contribution in [-0.2, 0) is 17.6 Å². The summed E-state index contributed by atoms with van der Waals surface area (Å²) in [5, 5.41) is 8.40. The average molecular weight is 366 g/mol. The molecule has 0 saturated carbocycles. The molecule has 140 valence electrons. The molecule has 5 rings (SSSR count). The maximum absolute atomic E-state index is 13.3. The van der Waals surface area contributed by atoms with Gasteiger partial charge in [0.05, 0.1) is 11.8 Å². The standard InChI is InChI=1S/C21H23FN4O/c22-15-9-7-14(8-10-15)19-12-20-24-18-6-2-1-5-17(18)21(26(20)25-19)23-13-16-4-3-11-27-16/h7-10,12,16,23H,1-6,11,13H2. The van der Waals surface area contributed by atoms with E-state index in [1.807, 2.05) is 10.6 Å². The second-order valence-electron chi connectivity index (χ2n) is 7.42. The van der Waals surface area contributed by atoms with Gasteiger partial charge in [-0.3, -0.25) is 0 Å². The van der Waals surface area contributed by atoms with Crippen LogP contribution in [0.1, 0.15) is 36.9 Å². The first-order chi connectivity index (χ1) is 13.3. The Hall–Kier alpha value is -2.47. The van der Waals surface area contributed by atoms with Gasteiger partial charge in [-0.15, -0.1) is 0 Å². The Morgan fingerprint density at radius 1 is 1.15 bits per heavy atom. The van der Waals surface area contributed by atoms with Crippen molar-refractivity contribution in [2.45, 2.75) is 44.6 Å². The van der Waals surface area contributed by atoms with E-state index in [0.29, 0.717) is 0 Å². The van der Waals surface area contributed by atoms with Gasteiger partial charge in [0, 0.05) is 36.0 Å². The SMILES string of the molecule is Fc1ccc(-c2cc3nc4c(c(NCC5CCCO5)n3n2)CCCC4)cc1. The first-order valence-corrected chi connectivity index (χ1v) is 9.81. The van der Waals surface area contributed by atoms with E-state index in [9.17, 15) is 4.39 Å². The van der Waals surface area contributed by atoms with Crippen molar-refractivity contribution in [3.63, 3.8) is 0 Å².